The first-order chi connectivity index (χ1) is 23.0. The molecule has 47 heavy (non-hydrogen) atoms. The van der Waals surface area contributed by atoms with E-state index in [0.29, 0.717) is 12.8 Å². The molecule has 0 spiro atoms. The standard InChI is InChI=1S/C39H72O4.C2H6O2/c1-4-6-8-10-12-14-16-18-20-22-24-26-28-30-32-34-38(40)42-36-37(3)43-39(41)35-33-31-29-27-25-23-21-19-17-15-13-11-9-7-5-2;3-1-2-4/h18-21,37H,4-17,22-36H2,1-3H3;3-4H,1-2H2/b20-18+,21-19+;. The number of allylic oxidation sites excluding steroid dienone is 4. The van der Waals surface area contributed by atoms with Gasteiger partial charge in [-0.2, -0.15) is 0 Å². The topological polar surface area (TPSA) is 93.1 Å². The molecule has 6 nitrogen and oxygen atoms in total. The molecule has 0 rings (SSSR count). The summed E-state index contributed by atoms with van der Waals surface area (Å²) in [6, 6.07) is 0. The fourth-order valence-corrected chi connectivity index (χ4v) is 5.28. The minimum atomic E-state index is -0.381. The van der Waals surface area contributed by atoms with Crippen molar-refractivity contribution in [2.24, 2.45) is 0 Å². The van der Waals surface area contributed by atoms with Gasteiger partial charge in [0.15, 0.2) is 0 Å². The lowest BCUT2D eigenvalue weighted by molar-refractivity contribution is -0.158. The van der Waals surface area contributed by atoms with Gasteiger partial charge in [0.25, 0.3) is 0 Å². The third-order valence-electron chi connectivity index (χ3n) is 8.20. The van der Waals surface area contributed by atoms with Crippen LogP contribution in [0.15, 0.2) is 24.3 Å². The van der Waals surface area contributed by atoms with Crippen molar-refractivity contribution in [1.82, 2.24) is 0 Å². The van der Waals surface area contributed by atoms with Gasteiger partial charge >= 0.3 is 11.9 Å². The number of aliphatic hydroxyl groups is 2. The van der Waals surface area contributed by atoms with Crippen LogP contribution in [0.1, 0.15) is 201 Å². The quantitative estimate of drug-likeness (QED) is 0.0403. The van der Waals surface area contributed by atoms with E-state index < -0.39 is 0 Å². The van der Waals surface area contributed by atoms with E-state index in [0.717, 1.165) is 25.7 Å². The summed E-state index contributed by atoms with van der Waals surface area (Å²) >= 11 is 0. The summed E-state index contributed by atoms with van der Waals surface area (Å²) in [5.74, 6) is -0.365. The molecule has 0 fully saturated rings. The highest BCUT2D eigenvalue weighted by Gasteiger charge is 2.12. The predicted octanol–water partition coefficient (Wildman–Crippen LogP) is 11.5. The number of hydrogen-bond acceptors (Lipinski definition) is 6. The van der Waals surface area contributed by atoms with Gasteiger partial charge in [-0.15, -0.1) is 0 Å². The van der Waals surface area contributed by atoms with Gasteiger partial charge in [-0.1, -0.05) is 141 Å². The van der Waals surface area contributed by atoms with E-state index in [1.54, 1.807) is 6.92 Å². The molecule has 0 aromatic carbocycles. The Hall–Kier alpha value is -1.66. The van der Waals surface area contributed by atoms with Gasteiger partial charge in [0, 0.05) is 12.8 Å². The fourth-order valence-electron chi connectivity index (χ4n) is 5.28. The lowest BCUT2D eigenvalue weighted by atomic mass is 10.1. The lowest BCUT2D eigenvalue weighted by Gasteiger charge is -2.13. The molecule has 278 valence electrons. The average Bonchev–Trinajstić information content (AvgIpc) is 3.07. The Morgan fingerprint density at radius 2 is 0.809 bits per heavy atom. The van der Waals surface area contributed by atoms with Crippen LogP contribution in [-0.4, -0.2) is 48.1 Å². The zero-order chi connectivity index (χ0) is 34.9. The second-order valence-corrected chi connectivity index (χ2v) is 13.1. The van der Waals surface area contributed by atoms with Crippen LogP contribution in [0.2, 0.25) is 0 Å². The van der Waals surface area contributed by atoms with E-state index in [1.165, 1.54) is 141 Å². The second-order valence-electron chi connectivity index (χ2n) is 13.1. The lowest BCUT2D eigenvalue weighted by Crippen LogP contribution is -2.22. The van der Waals surface area contributed by atoms with Gasteiger partial charge in [0.05, 0.1) is 13.2 Å². The molecule has 0 bridgehead atoms. The monoisotopic (exact) mass is 667 g/mol. The Bertz CT molecular complexity index is 687. The van der Waals surface area contributed by atoms with E-state index in [2.05, 4.69) is 38.2 Å². The second kappa shape index (κ2) is 42.4. The molecule has 0 aromatic heterocycles. The van der Waals surface area contributed by atoms with E-state index in [1.807, 2.05) is 0 Å². The summed E-state index contributed by atoms with van der Waals surface area (Å²) in [5, 5.41) is 15.2. The van der Waals surface area contributed by atoms with Crippen molar-refractivity contribution in [3.63, 3.8) is 0 Å². The number of carbonyl (C=O) groups excluding carboxylic acids is 2. The third kappa shape index (κ3) is 44.3. The highest BCUT2D eigenvalue weighted by atomic mass is 16.6. The first-order valence-electron chi connectivity index (χ1n) is 19.9. The molecule has 1 atom stereocenters. The van der Waals surface area contributed by atoms with E-state index >= 15 is 0 Å². The van der Waals surface area contributed by atoms with Crippen LogP contribution in [0.25, 0.3) is 0 Å². The minimum absolute atomic E-state index is 0.125. The van der Waals surface area contributed by atoms with Crippen LogP contribution in [0.3, 0.4) is 0 Å². The van der Waals surface area contributed by atoms with E-state index in [-0.39, 0.29) is 37.9 Å². The van der Waals surface area contributed by atoms with Gasteiger partial charge in [-0.25, -0.2) is 0 Å². The summed E-state index contributed by atoms with van der Waals surface area (Å²) in [6.07, 6.45) is 42.2. The molecule has 1 unspecified atom stereocenters. The largest absolute Gasteiger partial charge is 0.462 e. The minimum Gasteiger partial charge on any atom is -0.462 e. The van der Waals surface area contributed by atoms with Crippen molar-refractivity contribution in [2.75, 3.05) is 19.8 Å². The molecule has 0 aliphatic rings. The van der Waals surface area contributed by atoms with Crippen LogP contribution < -0.4 is 0 Å². The first-order valence-corrected chi connectivity index (χ1v) is 19.9. The molecule has 0 radical (unpaired) electrons. The number of unbranched alkanes of at least 4 members (excludes halogenated alkanes) is 22. The van der Waals surface area contributed by atoms with Gasteiger partial charge in [-0.3, -0.25) is 9.59 Å². The number of ether oxygens (including phenoxy) is 2. The molecule has 0 aromatic rings. The van der Waals surface area contributed by atoms with Crippen molar-refractivity contribution in [1.29, 1.82) is 0 Å². The van der Waals surface area contributed by atoms with Gasteiger partial charge in [0.1, 0.15) is 12.7 Å². The highest BCUT2D eigenvalue weighted by Crippen LogP contribution is 2.12. The predicted molar refractivity (Wildman–Crippen MR) is 200 cm³/mol. The maximum Gasteiger partial charge on any atom is 0.306 e. The van der Waals surface area contributed by atoms with Crippen molar-refractivity contribution in [3.05, 3.63) is 24.3 Å². The number of rotatable bonds is 34. The molecule has 0 amide bonds. The fraction of sp³-hybridized carbons (Fsp3) is 0.854. The Labute approximate surface area is 291 Å². The Morgan fingerprint density at radius 1 is 0.489 bits per heavy atom. The molecular weight excluding hydrogens is 588 g/mol. The van der Waals surface area contributed by atoms with Crippen LogP contribution in [0.4, 0.5) is 0 Å². The Kier molecular flexibility index (Phi) is 42.8. The molecule has 0 saturated heterocycles. The summed E-state index contributed by atoms with van der Waals surface area (Å²) < 4.78 is 10.7. The normalized spacial score (nSPS) is 11.9. The summed E-state index contributed by atoms with van der Waals surface area (Å²) in [4.78, 5) is 24.1. The molecule has 2 N–H and O–H groups in total. The van der Waals surface area contributed by atoms with Crippen molar-refractivity contribution >= 4 is 11.9 Å². The van der Waals surface area contributed by atoms with Crippen molar-refractivity contribution in [3.8, 4) is 0 Å². The number of esters is 2. The Balaban J connectivity index is 0. The molecule has 0 heterocycles. The van der Waals surface area contributed by atoms with Crippen LogP contribution in [0, 0.1) is 0 Å². The van der Waals surface area contributed by atoms with Gasteiger partial charge < -0.3 is 19.7 Å². The van der Waals surface area contributed by atoms with Crippen LogP contribution >= 0.6 is 0 Å². The SMILES string of the molecule is CCCCCCCC/C=C/CCCCCCCC(=O)OCC(C)OC(=O)CCCCCCC/C=C/CCCCCCCC.OCCO. The average molecular weight is 667 g/mol. The van der Waals surface area contributed by atoms with E-state index in [9.17, 15) is 9.59 Å². The first kappa shape index (κ1) is 47.5. The van der Waals surface area contributed by atoms with Gasteiger partial charge in [0.2, 0.25) is 0 Å². The highest BCUT2D eigenvalue weighted by molar-refractivity contribution is 5.70. The molecule has 0 saturated carbocycles. The number of carbonyl (C=O) groups is 2. The molecule has 0 aliphatic carbocycles. The van der Waals surface area contributed by atoms with Crippen molar-refractivity contribution < 1.29 is 29.3 Å². The number of hydrogen-bond donors (Lipinski definition) is 2. The molecule has 6 heteroatoms. The maximum atomic E-state index is 12.1. The third-order valence-corrected chi connectivity index (χ3v) is 8.20. The number of aliphatic hydroxyl groups excluding tert-OH is 2. The zero-order valence-electron chi connectivity index (χ0n) is 31.3. The van der Waals surface area contributed by atoms with E-state index in [4.69, 9.17) is 19.7 Å². The zero-order valence-corrected chi connectivity index (χ0v) is 31.3. The van der Waals surface area contributed by atoms with Gasteiger partial charge in [-0.05, 0) is 71.1 Å². The Morgan fingerprint density at radius 3 is 1.17 bits per heavy atom. The molecular formula is C41H78O6. The van der Waals surface area contributed by atoms with Crippen LogP contribution in [0.5, 0.6) is 0 Å². The smallest absolute Gasteiger partial charge is 0.306 e. The molecule has 0 aliphatic heterocycles. The maximum absolute atomic E-state index is 12.1. The summed E-state index contributed by atoms with van der Waals surface area (Å²) in [6.45, 7) is 6.23. The van der Waals surface area contributed by atoms with Crippen LogP contribution in [-0.2, 0) is 19.1 Å². The summed E-state index contributed by atoms with van der Waals surface area (Å²) in [7, 11) is 0. The summed E-state index contributed by atoms with van der Waals surface area (Å²) in [5.41, 5.74) is 0. The van der Waals surface area contributed by atoms with Crippen molar-refractivity contribution in [2.45, 2.75) is 207 Å².